The van der Waals surface area contributed by atoms with Gasteiger partial charge < -0.3 is 15.8 Å². The molecule has 2 atom stereocenters. The number of amides is 1. The molecule has 0 radical (unpaired) electrons. The lowest BCUT2D eigenvalue weighted by Crippen LogP contribution is -2.34. The second kappa shape index (κ2) is 11.3. The number of rotatable bonds is 9. The van der Waals surface area contributed by atoms with Gasteiger partial charge in [-0.1, -0.05) is 20.4 Å². The van der Waals surface area contributed by atoms with Crippen molar-refractivity contribution in [2.75, 3.05) is 5.32 Å². The summed E-state index contributed by atoms with van der Waals surface area (Å²) >= 11 is 0. The van der Waals surface area contributed by atoms with Crippen LogP contribution in [0.25, 0.3) is 33.3 Å². The lowest BCUT2D eigenvalue weighted by atomic mass is 10.0. The van der Waals surface area contributed by atoms with Gasteiger partial charge in [0.15, 0.2) is 6.23 Å². The van der Waals surface area contributed by atoms with Crippen molar-refractivity contribution in [1.82, 2.24) is 19.5 Å². The van der Waals surface area contributed by atoms with Gasteiger partial charge in [-0.3, -0.25) is 19.1 Å². The Morgan fingerprint density at radius 2 is 1.89 bits per heavy atom. The number of pyridine rings is 3. The average molecular weight is 517 g/mol. The summed E-state index contributed by atoms with van der Waals surface area (Å²) in [7, 11) is 0. The number of carbonyl (C=O) groups excluding carboxylic acids is 2. The fraction of sp³-hybridized carbons (Fsp3) is 0.250. The zero-order chi connectivity index (χ0) is 27.4. The molecule has 2 unspecified atom stereocenters. The summed E-state index contributed by atoms with van der Waals surface area (Å²) in [6, 6.07) is 5.93. The Morgan fingerprint density at radius 1 is 1.13 bits per heavy atom. The molecule has 10 heteroatoms. The first-order chi connectivity index (χ1) is 18.2. The zero-order valence-electron chi connectivity index (χ0n) is 21.4. The number of fused-ring (bicyclic) bond motifs is 1. The molecule has 9 nitrogen and oxygen atoms in total. The number of hydrogen-bond donors (Lipinski definition) is 2. The van der Waals surface area contributed by atoms with E-state index in [0.717, 1.165) is 5.56 Å². The summed E-state index contributed by atoms with van der Waals surface area (Å²) in [5.41, 5.74) is 9.74. The second-order valence-corrected chi connectivity index (χ2v) is 9.34. The second-order valence-electron chi connectivity index (χ2n) is 9.34. The maximum atomic E-state index is 14.0. The molecule has 4 aromatic heterocycles. The van der Waals surface area contributed by atoms with Crippen molar-refractivity contribution in [3.8, 4) is 22.3 Å². The van der Waals surface area contributed by atoms with Crippen molar-refractivity contribution in [3.63, 3.8) is 0 Å². The molecule has 1 amide bonds. The highest BCUT2D eigenvalue weighted by Gasteiger charge is 2.23. The Hall–Kier alpha value is -4.44. The fourth-order valence-electron chi connectivity index (χ4n) is 4.14. The van der Waals surface area contributed by atoms with Crippen molar-refractivity contribution in [2.45, 2.75) is 39.5 Å². The van der Waals surface area contributed by atoms with Gasteiger partial charge in [-0.05, 0) is 49.1 Å². The van der Waals surface area contributed by atoms with Crippen LogP contribution in [-0.2, 0) is 14.3 Å². The summed E-state index contributed by atoms with van der Waals surface area (Å²) in [6.07, 6.45) is 8.94. The lowest BCUT2D eigenvalue weighted by molar-refractivity contribution is -0.154. The molecule has 0 saturated carbocycles. The Labute approximate surface area is 219 Å². The molecular weight excluding hydrogens is 487 g/mol. The van der Waals surface area contributed by atoms with Crippen molar-refractivity contribution in [2.24, 2.45) is 11.7 Å². The van der Waals surface area contributed by atoms with E-state index in [1.54, 1.807) is 42.2 Å². The summed E-state index contributed by atoms with van der Waals surface area (Å²) in [4.78, 5) is 36.8. The van der Waals surface area contributed by atoms with Gasteiger partial charge >= 0.3 is 5.97 Å². The number of hydrogen-bond acceptors (Lipinski definition) is 7. The summed E-state index contributed by atoms with van der Waals surface area (Å²) in [5.74, 6) is -1.24. The molecule has 0 aliphatic carbocycles. The summed E-state index contributed by atoms with van der Waals surface area (Å²) < 4.78 is 21.4. The highest BCUT2D eigenvalue weighted by atomic mass is 19.1. The molecule has 196 valence electrons. The minimum absolute atomic E-state index is 0.242. The topological polar surface area (TPSA) is 125 Å². The van der Waals surface area contributed by atoms with Crippen LogP contribution in [0.5, 0.6) is 0 Å². The van der Waals surface area contributed by atoms with E-state index < -0.39 is 24.2 Å². The Balaban J connectivity index is 1.77. The predicted molar refractivity (Wildman–Crippen MR) is 143 cm³/mol. The van der Waals surface area contributed by atoms with Crippen LogP contribution in [0.3, 0.4) is 0 Å². The van der Waals surface area contributed by atoms with Gasteiger partial charge in [0.05, 0.1) is 11.9 Å². The van der Waals surface area contributed by atoms with Crippen LogP contribution in [0, 0.1) is 11.9 Å². The van der Waals surface area contributed by atoms with E-state index in [1.165, 1.54) is 24.5 Å². The van der Waals surface area contributed by atoms with E-state index in [1.807, 2.05) is 19.9 Å². The predicted octanol–water partition coefficient (Wildman–Crippen LogP) is 4.86. The number of nitrogens with zero attached hydrogens (tertiary/aromatic N) is 4. The minimum atomic E-state index is -0.742. The number of anilines is 1. The van der Waals surface area contributed by atoms with Gasteiger partial charge in [-0.15, -0.1) is 0 Å². The van der Waals surface area contributed by atoms with Crippen LogP contribution >= 0.6 is 0 Å². The van der Waals surface area contributed by atoms with Crippen LogP contribution in [-0.4, -0.2) is 37.4 Å². The molecule has 4 heterocycles. The standard InChI is InChI=1S/C28H29FN6O3/c1-5-26(36)34-21-9-19(12-31-14-21)20-10-22-23(18-6-7-32-25(29)11-18)15-35(27(22)33-13-20)17(4)38-28(37)24(30)8-16(2)3/h5-7,9-17,24H,1,8,30H2,2-4H3,(H,34,36). The molecule has 0 spiro atoms. The Morgan fingerprint density at radius 3 is 2.61 bits per heavy atom. The maximum absolute atomic E-state index is 14.0. The van der Waals surface area contributed by atoms with Gasteiger partial charge in [0.25, 0.3) is 0 Å². The largest absolute Gasteiger partial charge is 0.440 e. The van der Waals surface area contributed by atoms with Crippen LogP contribution < -0.4 is 11.1 Å². The third kappa shape index (κ3) is 5.92. The van der Waals surface area contributed by atoms with Crippen LogP contribution in [0.4, 0.5) is 10.1 Å². The number of ether oxygens (including phenoxy) is 1. The molecule has 0 bridgehead atoms. The Bertz CT molecular complexity index is 1500. The molecule has 38 heavy (non-hydrogen) atoms. The Kier molecular flexibility index (Phi) is 7.92. The number of halogens is 1. The van der Waals surface area contributed by atoms with Gasteiger partial charge in [0.1, 0.15) is 11.7 Å². The van der Waals surface area contributed by atoms with Crippen molar-refractivity contribution in [3.05, 3.63) is 73.9 Å². The molecule has 4 aromatic rings. The highest BCUT2D eigenvalue weighted by Crippen LogP contribution is 2.35. The quantitative estimate of drug-likeness (QED) is 0.185. The number of aromatic nitrogens is 4. The fourth-order valence-corrected chi connectivity index (χ4v) is 4.14. The smallest absolute Gasteiger partial charge is 0.324 e. The first-order valence-corrected chi connectivity index (χ1v) is 12.1. The zero-order valence-corrected chi connectivity index (χ0v) is 21.4. The number of esters is 1. The van der Waals surface area contributed by atoms with Crippen molar-refractivity contribution >= 4 is 28.6 Å². The van der Waals surface area contributed by atoms with Gasteiger partial charge in [0.2, 0.25) is 11.9 Å². The summed E-state index contributed by atoms with van der Waals surface area (Å²) in [5, 5.41) is 3.39. The van der Waals surface area contributed by atoms with E-state index in [9.17, 15) is 14.0 Å². The number of carbonyl (C=O) groups is 2. The molecule has 0 saturated heterocycles. The highest BCUT2D eigenvalue weighted by molar-refractivity contribution is 5.99. The average Bonchev–Trinajstić information content (AvgIpc) is 3.27. The van der Waals surface area contributed by atoms with Crippen LogP contribution in [0.2, 0.25) is 0 Å². The first kappa shape index (κ1) is 26.6. The van der Waals surface area contributed by atoms with E-state index in [-0.39, 0.29) is 11.8 Å². The normalized spacial score (nSPS) is 12.8. The molecular formula is C28H29FN6O3. The van der Waals surface area contributed by atoms with Gasteiger partial charge in [0, 0.05) is 52.9 Å². The van der Waals surface area contributed by atoms with Crippen molar-refractivity contribution in [1.29, 1.82) is 0 Å². The SMILES string of the molecule is C=CC(=O)Nc1cncc(-c2cnc3c(c2)c(-c2ccnc(F)c2)cn3C(C)OC(=O)C(N)CC(C)C)c1. The third-order valence-corrected chi connectivity index (χ3v) is 5.94. The summed E-state index contributed by atoms with van der Waals surface area (Å²) in [6.45, 7) is 9.15. The number of nitrogens with one attached hydrogen (secondary N) is 1. The molecule has 0 aliphatic rings. The van der Waals surface area contributed by atoms with E-state index in [0.29, 0.717) is 39.8 Å². The molecule has 0 aromatic carbocycles. The third-order valence-electron chi connectivity index (χ3n) is 5.94. The molecule has 4 rings (SSSR count). The molecule has 0 aliphatic heterocycles. The van der Waals surface area contributed by atoms with E-state index in [2.05, 4.69) is 26.8 Å². The molecule has 0 fully saturated rings. The monoisotopic (exact) mass is 516 g/mol. The molecule has 3 N–H and O–H groups in total. The van der Waals surface area contributed by atoms with Gasteiger partial charge in [-0.25, -0.2) is 9.97 Å². The first-order valence-electron chi connectivity index (χ1n) is 12.1. The minimum Gasteiger partial charge on any atom is -0.440 e. The van der Waals surface area contributed by atoms with Crippen LogP contribution in [0.15, 0.2) is 67.9 Å². The van der Waals surface area contributed by atoms with Gasteiger partial charge in [-0.2, -0.15) is 4.39 Å². The van der Waals surface area contributed by atoms with E-state index in [4.69, 9.17) is 10.5 Å². The maximum Gasteiger partial charge on any atom is 0.324 e. The van der Waals surface area contributed by atoms with Crippen molar-refractivity contribution < 1.29 is 18.7 Å². The number of nitrogens with two attached hydrogens (primary N) is 1. The lowest BCUT2D eigenvalue weighted by Gasteiger charge is -2.19. The van der Waals surface area contributed by atoms with E-state index >= 15 is 0 Å². The van der Waals surface area contributed by atoms with Crippen LogP contribution in [0.1, 0.15) is 33.4 Å².